The summed E-state index contributed by atoms with van der Waals surface area (Å²) in [5, 5.41) is 3.06. The molecular formula is C8H12N2S. The third-order valence-corrected chi connectivity index (χ3v) is 1.86. The van der Waals surface area contributed by atoms with Gasteiger partial charge in [-0.2, -0.15) is 0 Å². The first-order valence-corrected chi connectivity index (χ1v) is 3.90. The lowest BCUT2D eigenvalue weighted by molar-refractivity contribution is 0.816. The van der Waals surface area contributed by atoms with Crippen molar-refractivity contribution in [3.63, 3.8) is 0 Å². The molecule has 3 heteroatoms. The van der Waals surface area contributed by atoms with Crippen LogP contribution in [0.2, 0.25) is 0 Å². The van der Waals surface area contributed by atoms with Gasteiger partial charge in [-0.25, -0.2) is 0 Å². The largest absolute Gasteiger partial charge is 0.398 e. The number of benzene rings is 1. The Labute approximate surface area is 72.2 Å². The summed E-state index contributed by atoms with van der Waals surface area (Å²) in [6.07, 6.45) is 0. The Morgan fingerprint density at radius 1 is 1.55 bits per heavy atom. The molecule has 60 valence electrons. The highest BCUT2D eigenvalue weighted by Crippen LogP contribution is 2.17. The molecule has 0 saturated heterocycles. The fraction of sp³-hybridized carbons (Fsp3) is 0.250. The molecule has 2 nitrogen and oxygen atoms in total. The van der Waals surface area contributed by atoms with E-state index in [1.165, 1.54) is 5.56 Å². The maximum absolute atomic E-state index is 5.59. The first kappa shape index (κ1) is 8.43. The lowest BCUT2D eigenvalue weighted by atomic mass is 10.2. The first-order valence-electron chi connectivity index (χ1n) is 3.46. The molecule has 0 spiro atoms. The quantitative estimate of drug-likeness (QED) is 0.459. The van der Waals surface area contributed by atoms with Gasteiger partial charge in [0.2, 0.25) is 0 Å². The van der Waals surface area contributed by atoms with Gasteiger partial charge in [-0.1, -0.05) is 6.07 Å². The summed E-state index contributed by atoms with van der Waals surface area (Å²) in [6.45, 7) is 0.855. The molecule has 0 aliphatic rings. The Morgan fingerprint density at radius 3 is 2.82 bits per heavy atom. The molecule has 0 heterocycles. The van der Waals surface area contributed by atoms with Crippen molar-refractivity contribution in [2.75, 3.05) is 12.8 Å². The Morgan fingerprint density at radius 2 is 2.27 bits per heavy atom. The number of nitrogens with one attached hydrogen (secondary N) is 1. The zero-order valence-electron chi connectivity index (χ0n) is 6.46. The molecule has 0 amide bonds. The van der Waals surface area contributed by atoms with Crippen molar-refractivity contribution in [1.29, 1.82) is 0 Å². The normalized spacial score (nSPS) is 10.0. The minimum Gasteiger partial charge on any atom is -0.398 e. The molecule has 0 atom stereocenters. The average molecular weight is 168 g/mol. The average Bonchev–Trinajstić information content (AvgIpc) is 1.98. The summed E-state index contributed by atoms with van der Waals surface area (Å²) < 4.78 is 0. The van der Waals surface area contributed by atoms with Crippen LogP contribution in [0.15, 0.2) is 23.1 Å². The molecule has 0 saturated carbocycles. The van der Waals surface area contributed by atoms with Crippen molar-refractivity contribution >= 4 is 18.3 Å². The molecule has 1 rings (SSSR count). The van der Waals surface area contributed by atoms with Crippen LogP contribution in [-0.4, -0.2) is 7.05 Å². The van der Waals surface area contributed by atoms with Gasteiger partial charge in [0, 0.05) is 17.1 Å². The monoisotopic (exact) mass is 168 g/mol. The number of nitrogens with two attached hydrogens (primary N) is 1. The van der Waals surface area contributed by atoms with E-state index in [0.29, 0.717) is 0 Å². The number of nitrogen functional groups attached to an aromatic ring is 1. The zero-order chi connectivity index (χ0) is 8.27. The Kier molecular flexibility index (Phi) is 2.79. The van der Waals surface area contributed by atoms with E-state index in [2.05, 4.69) is 17.9 Å². The molecule has 11 heavy (non-hydrogen) atoms. The van der Waals surface area contributed by atoms with Gasteiger partial charge in [-0.15, -0.1) is 12.6 Å². The van der Waals surface area contributed by atoms with Gasteiger partial charge in [0.05, 0.1) is 0 Å². The van der Waals surface area contributed by atoms with Gasteiger partial charge in [0.15, 0.2) is 0 Å². The topological polar surface area (TPSA) is 38.0 Å². The van der Waals surface area contributed by atoms with Crippen molar-refractivity contribution in [1.82, 2.24) is 5.32 Å². The molecule has 0 bridgehead atoms. The molecule has 0 radical (unpaired) electrons. The molecule has 1 aromatic rings. The third-order valence-electron chi connectivity index (χ3n) is 1.48. The van der Waals surface area contributed by atoms with Crippen molar-refractivity contribution in [3.8, 4) is 0 Å². The smallest absolute Gasteiger partial charge is 0.0449 e. The number of rotatable bonds is 2. The molecule has 0 aliphatic carbocycles. The maximum Gasteiger partial charge on any atom is 0.0449 e. The van der Waals surface area contributed by atoms with E-state index in [9.17, 15) is 0 Å². The van der Waals surface area contributed by atoms with Crippen LogP contribution in [-0.2, 0) is 6.54 Å². The molecule has 0 aliphatic heterocycles. The fourth-order valence-corrected chi connectivity index (χ4v) is 1.14. The van der Waals surface area contributed by atoms with Crippen LogP contribution in [0, 0.1) is 0 Å². The summed E-state index contributed by atoms with van der Waals surface area (Å²) in [6, 6.07) is 5.83. The summed E-state index contributed by atoms with van der Waals surface area (Å²) in [5.41, 5.74) is 7.52. The Bertz CT molecular complexity index is 248. The predicted molar refractivity (Wildman–Crippen MR) is 50.9 cm³/mol. The van der Waals surface area contributed by atoms with E-state index in [1.54, 1.807) is 0 Å². The molecule has 3 N–H and O–H groups in total. The molecular weight excluding hydrogens is 156 g/mol. The maximum atomic E-state index is 5.59. The van der Waals surface area contributed by atoms with E-state index in [-0.39, 0.29) is 0 Å². The Balaban J connectivity index is 2.86. The first-order chi connectivity index (χ1) is 5.24. The summed E-state index contributed by atoms with van der Waals surface area (Å²) in [7, 11) is 1.91. The lowest BCUT2D eigenvalue weighted by Gasteiger charge is -2.02. The minimum atomic E-state index is 0.730. The van der Waals surface area contributed by atoms with E-state index >= 15 is 0 Å². The Hall–Kier alpha value is -0.670. The number of anilines is 1. The standard InChI is InChI=1S/C8H12N2S/c1-10-5-6-2-3-7(9)8(11)4-6/h2-4,10-11H,5,9H2,1H3. The SMILES string of the molecule is CNCc1ccc(N)c(S)c1. The van der Waals surface area contributed by atoms with Gasteiger partial charge in [0.1, 0.15) is 0 Å². The van der Waals surface area contributed by atoms with Gasteiger partial charge in [-0.05, 0) is 24.7 Å². The molecule has 0 unspecified atom stereocenters. The van der Waals surface area contributed by atoms with Crippen LogP contribution in [0.3, 0.4) is 0 Å². The van der Waals surface area contributed by atoms with E-state index in [4.69, 9.17) is 5.73 Å². The molecule has 1 aromatic carbocycles. The van der Waals surface area contributed by atoms with Gasteiger partial charge in [0.25, 0.3) is 0 Å². The van der Waals surface area contributed by atoms with E-state index in [1.807, 2.05) is 25.2 Å². The zero-order valence-corrected chi connectivity index (χ0v) is 7.36. The summed E-state index contributed by atoms with van der Waals surface area (Å²) in [5.74, 6) is 0. The highest BCUT2D eigenvalue weighted by Gasteiger charge is 1.95. The van der Waals surface area contributed by atoms with Crippen LogP contribution in [0.5, 0.6) is 0 Å². The van der Waals surface area contributed by atoms with Crippen molar-refractivity contribution in [3.05, 3.63) is 23.8 Å². The summed E-state index contributed by atoms with van der Waals surface area (Å²) >= 11 is 4.21. The number of hydrogen-bond acceptors (Lipinski definition) is 3. The third kappa shape index (κ3) is 2.13. The minimum absolute atomic E-state index is 0.730. The van der Waals surface area contributed by atoms with Gasteiger partial charge in [-0.3, -0.25) is 0 Å². The molecule has 0 fully saturated rings. The van der Waals surface area contributed by atoms with Crippen molar-refractivity contribution < 1.29 is 0 Å². The second-order valence-corrected chi connectivity index (χ2v) is 2.91. The number of thiol groups is 1. The summed E-state index contributed by atoms with van der Waals surface area (Å²) in [4.78, 5) is 0.845. The molecule has 0 aromatic heterocycles. The van der Waals surface area contributed by atoms with E-state index in [0.717, 1.165) is 17.1 Å². The van der Waals surface area contributed by atoms with Crippen LogP contribution in [0.25, 0.3) is 0 Å². The van der Waals surface area contributed by atoms with Gasteiger partial charge < -0.3 is 11.1 Å². The highest BCUT2D eigenvalue weighted by molar-refractivity contribution is 7.80. The van der Waals surface area contributed by atoms with Crippen molar-refractivity contribution in [2.45, 2.75) is 11.4 Å². The van der Waals surface area contributed by atoms with Crippen LogP contribution in [0.1, 0.15) is 5.56 Å². The number of hydrogen-bond donors (Lipinski definition) is 3. The van der Waals surface area contributed by atoms with E-state index < -0.39 is 0 Å². The lowest BCUT2D eigenvalue weighted by Crippen LogP contribution is -2.05. The van der Waals surface area contributed by atoms with Crippen LogP contribution < -0.4 is 11.1 Å². The van der Waals surface area contributed by atoms with Crippen LogP contribution >= 0.6 is 12.6 Å². The van der Waals surface area contributed by atoms with Crippen molar-refractivity contribution in [2.24, 2.45) is 0 Å². The van der Waals surface area contributed by atoms with Crippen LogP contribution in [0.4, 0.5) is 5.69 Å². The second kappa shape index (κ2) is 3.64. The predicted octanol–water partition coefficient (Wildman–Crippen LogP) is 1.28. The fourth-order valence-electron chi connectivity index (χ4n) is 0.903. The van der Waals surface area contributed by atoms with Gasteiger partial charge >= 0.3 is 0 Å². The highest BCUT2D eigenvalue weighted by atomic mass is 32.1. The second-order valence-electron chi connectivity index (χ2n) is 2.42.